The van der Waals surface area contributed by atoms with Crippen LogP contribution in [0, 0.1) is 0 Å². The maximum atomic E-state index is 6.63. The Hall–Kier alpha value is 0.314. The summed E-state index contributed by atoms with van der Waals surface area (Å²) in [5.41, 5.74) is 0.168. The van der Waals surface area contributed by atoms with Crippen LogP contribution in [-0.4, -0.2) is 40.0 Å². The van der Waals surface area contributed by atoms with Crippen molar-refractivity contribution in [2.75, 3.05) is 0 Å². The minimum atomic E-state index is -1.63. The van der Waals surface area contributed by atoms with Gasteiger partial charge in [0, 0.05) is 0 Å². The van der Waals surface area contributed by atoms with E-state index < -0.39 is 16.6 Å². The molecule has 2 rings (SSSR count). The fourth-order valence-corrected chi connectivity index (χ4v) is 12.6. The molecule has 5 heteroatoms. The molecule has 0 amide bonds. The average molecular weight is 303 g/mol. The van der Waals surface area contributed by atoms with Crippen LogP contribution in [0.2, 0.25) is 38.3 Å². The number of hydrogen-bond donors (Lipinski definition) is 0. The number of hydrogen-bond acceptors (Lipinski definition) is 3. The van der Waals surface area contributed by atoms with Crippen LogP contribution in [0.3, 0.4) is 0 Å². The highest BCUT2D eigenvalue weighted by molar-refractivity contribution is 6.85. The summed E-state index contributed by atoms with van der Waals surface area (Å²) >= 11 is 0. The van der Waals surface area contributed by atoms with Crippen LogP contribution >= 0.6 is 0 Å². The predicted octanol–water partition coefficient (Wildman–Crippen LogP) is 3.77. The van der Waals surface area contributed by atoms with E-state index in [1.54, 1.807) is 0 Å². The summed E-state index contributed by atoms with van der Waals surface area (Å²) in [6.45, 7) is 18.0. The van der Waals surface area contributed by atoms with Gasteiger partial charge < -0.3 is 13.6 Å². The zero-order valence-electron chi connectivity index (χ0n) is 13.8. The molecule has 0 spiro atoms. The Kier molecular flexibility index (Phi) is 3.64. The first kappa shape index (κ1) is 15.7. The second-order valence-corrected chi connectivity index (χ2v) is 17.1. The van der Waals surface area contributed by atoms with Crippen LogP contribution < -0.4 is 0 Å². The molecule has 2 heterocycles. The Morgan fingerprint density at radius 1 is 0.789 bits per heavy atom. The molecule has 0 aliphatic carbocycles. The summed E-state index contributed by atoms with van der Waals surface area (Å²) < 4.78 is 18.1. The summed E-state index contributed by atoms with van der Waals surface area (Å²) in [6.07, 6.45) is 0.820. The molecule has 2 aliphatic heterocycles. The van der Waals surface area contributed by atoms with Gasteiger partial charge >= 0.3 is 0 Å². The second kappa shape index (κ2) is 4.40. The number of epoxide rings is 2. The molecule has 0 saturated carbocycles. The Morgan fingerprint density at radius 2 is 1.05 bits per heavy atom. The van der Waals surface area contributed by atoms with E-state index in [0.717, 1.165) is 12.1 Å². The molecule has 2 unspecified atom stereocenters. The third kappa shape index (κ3) is 4.14. The van der Waals surface area contributed by atoms with Gasteiger partial charge in [-0.1, -0.05) is 0 Å². The van der Waals surface area contributed by atoms with E-state index in [0.29, 0.717) is 12.2 Å². The molecule has 0 radical (unpaired) electrons. The van der Waals surface area contributed by atoms with Gasteiger partial charge in [0.15, 0.2) is 16.6 Å². The van der Waals surface area contributed by atoms with Gasteiger partial charge in [0.1, 0.15) is 0 Å². The van der Waals surface area contributed by atoms with Gasteiger partial charge in [-0.3, -0.25) is 0 Å². The Bertz CT molecular complexity index is 330. The van der Waals surface area contributed by atoms with Crippen molar-refractivity contribution in [3.05, 3.63) is 0 Å². The predicted molar refractivity (Wildman–Crippen MR) is 83.6 cm³/mol. The lowest BCUT2D eigenvalue weighted by atomic mass is 10.2. The third-order valence-corrected chi connectivity index (χ3v) is 11.4. The maximum Gasteiger partial charge on any atom is 0.176 e. The molecule has 19 heavy (non-hydrogen) atoms. The molecule has 2 aliphatic rings. The minimum absolute atomic E-state index is 0.0842. The zero-order chi connectivity index (χ0) is 14.7. The van der Waals surface area contributed by atoms with E-state index in [9.17, 15) is 0 Å². The van der Waals surface area contributed by atoms with Crippen molar-refractivity contribution in [3.8, 4) is 0 Å². The fourth-order valence-electron chi connectivity index (χ4n) is 2.96. The smallest absolute Gasteiger partial charge is 0.176 e. The van der Waals surface area contributed by atoms with E-state index in [4.69, 9.17) is 13.6 Å². The molecule has 0 aromatic carbocycles. The molecule has 0 aromatic heterocycles. The van der Waals surface area contributed by atoms with Crippen molar-refractivity contribution < 1.29 is 13.6 Å². The van der Waals surface area contributed by atoms with Gasteiger partial charge in [-0.25, -0.2) is 0 Å². The third-order valence-electron chi connectivity index (χ3n) is 4.23. The van der Waals surface area contributed by atoms with Crippen molar-refractivity contribution in [2.45, 2.75) is 89.4 Å². The van der Waals surface area contributed by atoms with Crippen molar-refractivity contribution in [1.29, 1.82) is 0 Å². The number of rotatable bonds is 6. The van der Waals surface area contributed by atoms with Crippen LogP contribution in [0.4, 0.5) is 0 Å². The molecular formula is C14H30O3Si2. The van der Waals surface area contributed by atoms with Crippen molar-refractivity contribution in [1.82, 2.24) is 0 Å². The van der Waals surface area contributed by atoms with Gasteiger partial charge in [-0.15, -0.1) is 0 Å². The second-order valence-electron chi connectivity index (χ2n) is 8.45. The summed E-state index contributed by atoms with van der Waals surface area (Å²) in [4.78, 5) is 0. The molecule has 0 N–H and O–H groups in total. The highest BCUT2D eigenvalue weighted by atomic mass is 28.4. The normalized spacial score (nSPS) is 32.2. The quantitative estimate of drug-likeness (QED) is 0.553. The van der Waals surface area contributed by atoms with Crippen molar-refractivity contribution >= 4 is 16.6 Å². The van der Waals surface area contributed by atoms with Gasteiger partial charge in [0.05, 0.1) is 23.4 Å². The summed E-state index contributed by atoms with van der Waals surface area (Å²) in [7, 11) is -3.26. The zero-order valence-corrected chi connectivity index (χ0v) is 15.8. The summed E-state index contributed by atoms with van der Waals surface area (Å²) in [5.74, 6) is 0. The molecule has 2 atom stereocenters. The van der Waals surface area contributed by atoms with Gasteiger partial charge in [0.25, 0.3) is 0 Å². The lowest BCUT2D eigenvalue weighted by Gasteiger charge is -2.33. The molecule has 0 bridgehead atoms. The fraction of sp³-hybridized carbons (Fsp3) is 1.00. The first-order valence-corrected chi connectivity index (χ1v) is 13.6. The largest absolute Gasteiger partial charge is 0.455 e. The lowest BCUT2D eigenvalue weighted by molar-refractivity contribution is 0.325. The SMILES string of the molecule is CC1(C)OC1C[Si](C)(C)O[Si](C)(C)CC1OC1(C)C. The van der Waals surface area contributed by atoms with E-state index in [1.165, 1.54) is 0 Å². The average Bonchev–Trinajstić information content (AvgIpc) is 2.85. The van der Waals surface area contributed by atoms with Crippen molar-refractivity contribution in [2.24, 2.45) is 0 Å². The monoisotopic (exact) mass is 302 g/mol. The lowest BCUT2D eigenvalue weighted by Crippen LogP contribution is -2.46. The van der Waals surface area contributed by atoms with Crippen LogP contribution in [0.15, 0.2) is 0 Å². The van der Waals surface area contributed by atoms with Gasteiger partial charge in [-0.2, -0.15) is 0 Å². The minimum Gasteiger partial charge on any atom is -0.455 e. The van der Waals surface area contributed by atoms with Crippen LogP contribution in [0.5, 0.6) is 0 Å². The Balaban J connectivity index is 1.84. The van der Waals surface area contributed by atoms with E-state index in [2.05, 4.69) is 53.9 Å². The van der Waals surface area contributed by atoms with Crippen LogP contribution in [0.25, 0.3) is 0 Å². The van der Waals surface area contributed by atoms with Gasteiger partial charge in [0.2, 0.25) is 0 Å². The summed E-state index contributed by atoms with van der Waals surface area (Å²) in [6, 6.07) is 2.23. The standard InChI is InChI=1S/C14H30O3Si2/c1-13(2)11(15-13)9-18(5,6)17-19(7,8)10-12-14(3,4)16-12/h11-12H,9-10H2,1-8H3. The molecule has 112 valence electrons. The molecule has 2 saturated heterocycles. The highest BCUT2D eigenvalue weighted by Crippen LogP contribution is 2.44. The Labute approximate surface area is 120 Å². The van der Waals surface area contributed by atoms with E-state index >= 15 is 0 Å². The molecule has 0 aromatic rings. The highest BCUT2D eigenvalue weighted by Gasteiger charge is 2.54. The van der Waals surface area contributed by atoms with Crippen LogP contribution in [-0.2, 0) is 13.6 Å². The summed E-state index contributed by atoms with van der Waals surface area (Å²) in [5, 5.41) is 0. The van der Waals surface area contributed by atoms with Crippen molar-refractivity contribution in [3.63, 3.8) is 0 Å². The topological polar surface area (TPSA) is 34.3 Å². The molecule has 2 fully saturated rings. The maximum absolute atomic E-state index is 6.63. The van der Waals surface area contributed by atoms with E-state index in [-0.39, 0.29) is 11.2 Å². The van der Waals surface area contributed by atoms with Gasteiger partial charge in [-0.05, 0) is 66.0 Å². The molecule has 3 nitrogen and oxygen atoms in total. The first-order chi connectivity index (χ1) is 8.33. The molecular weight excluding hydrogens is 272 g/mol. The first-order valence-electron chi connectivity index (χ1n) is 7.39. The van der Waals surface area contributed by atoms with Crippen LogP contribution in [0.1, 0.15) is 27.7 Å². The Morgan fingerprint density at radius 3 is 1.26 bits per heavy atom. The number of ether oxygens (including phenoxy) is 2. The van der Waals surface area contributed by atoms with E-state index in [1.807, 2.05) is 0 Å².